The first kappa shape index (κ1) is 14.8. The van der Waals surface area contributed by atoms with Crippen molar-refractivity contribution in [2.75, 3.05) is 18.0 Å². The van der Waals surface area contributed by atoms with Gasteiger partial charge in [-0.2, -0.15) is 0 Å². The van der Waals surface area contributed by atoms with Gasteiger partial charge < -0.3 is 4.90 Å². The molecule has 106 valence electrons. The smallest absolute Gasteiger partial charge is 0.133 e. The van der Waals surface area contributed by atoms with E-state index >= 15 is 0 Å². The summed E-state index contributed by atoms with van der Waals surface area (Å²) in [7, 11) is 0. The molecule has 3 nitrogen and oxygen atoms in total. The quantitative estimate of drug-likeness (QED) is 0.776. The van der Waals surface area contributed by atoms with Gasteiger partial charge in [-0.3, -0.25) is 0 Å². The summed E-state index contributed by atoms with van der Waals surface area (Å²) in [6, 6.07) is 2.06. The van der Waals surface area contributed by atoms with E-state index in [1.807, 2.05) is 0 Å². The third kappa shape index (κ3) is 4.16. The van der Waals surface area contributed by atoms with Gasteiger partial charge in [0, 0.05) is 25.6 Å². The van der Waals surface area contributed by atoms with Gasteiger partial charge in [0.2, 0.25) is 0 Å². The van der Waals surface area contributed by atoms with E-state index in [4.69, 9.17) is 4.98 Å². The number of aryl methyl sites for hydroxylation is 1. The van der Waals surface area contributed by atoms with Gasteiger partial charge in [-0.25, -0.2) is 9.97 Å². The van der Waals surface area contributed by atoms with Gasteiger partial charge in [-0.15, -0.1) is 0 Å². The molecule has 1 aromatic rings. The van der Waals surface area contributed by atoms with E-state index in [1.54, 1.807) is 0 Å². The Hall–Kier alpha value is -0.640. The predicted octanol–water partition coefficient (Wildman–Crippen LogP) is 4.21. The molecule has 0 N–H and O–H groups in total. The van der Waals surface area contributed by atoms with E-state index in [2.05, 4.69) is 45.7 Å². The van der Waals surface area contributed by atoms with Crippen LogP contribution >= 0.6 is 15.9 Å². The highest BCUT2D eigenvalue weighted by atomic mass is 79.9. The molecule has 1 aromatic heterocycles. The molecule has 1 aliphatic rings. The second-order valence-electron chi connectivity index (χ2n) is 5.41. The van der Waals surface area contributed by atoms with Gasteiger partial charge in [0.25, 0.3) is 0 Å². The van der Waals surface area contributed by atoms with Crippen LogP contribution in [0.4, 0.5) is 5.82 Å². The monoisotopic (exact) mass is 325 g/mol. The highest BCUT2D eigenvalue weighted by molar-refractivity contribution is 9.10. The van der Waals surface area contributed by atoms with E-state index in [1.165, 1.54) is 25.7 Å². The van der Waals surface area contributed by atoms with Crippen LogP contribution in [-0.2, 0) is 6.42 Å². The minimum Gasteiger partial charge on any atom is -0.356 e. The standard InChI is InChI=1S/C15H24BrN3/c1-3-6-14-17-13(16)11-15(18-14)19-9-5-7-12(4-2)8-10-19/h11-12H,3-10H2,1-2H3. The van der Waals surface area contributed by atoms with Crippen molar-refractivity contribution in [2.45, 2.75) is 52.4 Å². The van der Waals surface area contributed by atoms with Gasteiger partial charge in [0.15, 0.2) is 0 Å². The molecule has 0 spiro atoms. The van der Waals surface area contributed by atoms with Gasteiger partial charge >= 0.3 is 0 Å². The molecule has 1 aliphatic heterocycles. The Morgan fingerprint density at radius 1 is 1.26 bits per heavy atom. The molecule has 2 rings (SSSR count). The largest absolute Gasteiger partial charge is 0.356 e. The average Bonchev–Trinajstić information content (AvgIpc) is 2.63. The minimum absolute atomic E-state index is 0.894. The zero-order valence-electron chi connectivity index (χ0n) is 12.0. The third-order valence-corrected chi connectivity index (χ3v) is 4.36. The summed E-state index contributed by atoms with van der Waals surface area (Å²) in [6.07, 6.45) is 7.29. The Bertz CT molecular complexity index is 408. The van der Waals surface area contributed by atoms with E-state index in [9.17, 15) is 0 Å². The number of hydrogen-bond donors (Lipinski definition) is 0. The van der Waals surface area contributed by atoms with Crippen molar-refractivity contribution in [1.82, 2.24) is 9.97 Å². The lowest BCUT2D eigenvalue weighted by Gasteiger charge is -2.22. The molecule has 1 unspecified atom stereocenters. The number of anilines is 1. The van der Waals surface area contributed by atoms with Crippen molar-refractivity contribution in [3.63, 3.8) is 0 Å². The lowest BCUT2D eigenvalue weighted by atomic mass is 9.98. The Morgan fingerprint density at radius 3 is 2.84 bits per heavy atom. The van der Waals surface area contributed by atoms with Gasteiger partial charge in [0.1, 0.15) is 16.2 Å². The molecule has 0 saturated carbocycles. The average molecular weight is 326 g/mol. The maximum Gasteiger partial charge on any atom is 0.133 e. The second kappa shape index (κ2) is 7.22. The van der Waals surface area contributed by atoms with E-state index < -0.39 is 0 Å². The van der Waals surface area contributed by atoms with E-state index in [0.29, 0.717) is 0 Å². The molecule has 1 fully saturated rings. The number of rotatable bonds is 4. The molecule has 19 heavy (non-hydrogen) atoms. The zero-order chi connectivity index (χ0) is 13.7. The minimum atomic E-state index is 0.894. The first-order valence-electron chi connectivity index (χ1n) is 7.51. The van der Waals surface area contributed by atoms with Crippen molar-refractivity contribution < 1.29 is 0 Å². The maximum atomic E-state index is 4.72. The lowest BCUT2D eigenvalue weighted by Crippen LogP contribution is -2.25. The van der Waals surface area contributed by atoms with Gasteiger partial charge in [-0.1, -0.05) is 20.3 Å². The summed E-state index contributed by atoms with van der Waals surface area (Å²) in [4.78, 5) is 11.6. The molecular weight excluding hydrogens is 302 g/mol. The first-order valence-corrected chi connectivity index (χ1v) is 8.30. The molecule has 1 atom stereocenters. The molecule has 0 bridgehead atoms. The molecule has 4 heteroatoms. The molecule has 2 heterocycles. The van der Waals surface area contributed by atoms with Crippen LogP contribution in [0.2, 0.25) is 0 Å². The summed E-state index contributed by atoms with van der Waals surface area (Å²) >= 11 is 3.52. The summed E-state index contributed by atoms with van der Waals surface area (Å²) in [5.41, 5.74) is 0. The van der Waals surface area contributed by atoms with Crippen LogP contribution in [0.3, 0.4) is 0 Å². The fraction of sp³-hybridized carbons (Fsp3) is 0.733. The fourth-order valence-corrected chi connectivity index (χ4v) is 3.16. The number of hydrogen-bond acceptors (Lipinski definition) is 3. The zero-order valence-corrected chi connectivity index (χ0v) is 13.6. The first-order chi connectivity index (χ1) is 9.22. The topological polar surface area (TPSA) is 29.0 Å². The lowest BCUT2D eigenvalue weighted by molar-refractivity contribution is 0.459. The summed E-state index contributed by atoms with van der Waals surface area (Å²) in [5.74, 6) is 2.95. The highest BCUT2D eigenvalue weighted by Gasteiger charge is 2.17. The molecule has 1 saturated heterocycles. The fourth-order valence-electron chi connectivity index (χ4n) is 2.75. The van der Waals surface area contributed by atoms with Crippen LogP contribution in [0.25, 0.3) is 0 Å². The maximum absolute atomic E-state index is 4.72. The Kier molecular flexibility index (Phi) is 5.61. The number of aromatic nitrogens is 2. The van der Waals surface area contributed by atoms with Crippen LogP contribution < -0.4 is 4.90 Å². The van der Waals surface area contributed by atoms with Crippen LogP contribution in [0, 0.1) is 5.92 Å². The van der Waals surface area contributed by atoms with E-state index in [-0.39, 0.29) is 0 Å². The van der Waals surface area contributed by atoms with E-state index in [0.717, 1.165) is 48.1 Å². The normalized spacial score (nSPS) is 20.4. The SMILES string of the molecule is CCCc1nc(Br)cc(N2CCCC(CC)CC2)n1. The molecule has 0 amide bonds. The Labute approximate surface area is 125 Å². The molecular formula is C15H24BrN3. The van der Waals surface area contributed by atoms with Crippen molar-refractivity contribution in [2.24, 2.45) is 5.92 Å². The molecule has 0 aromatic carbocycles. The van der Waals surface area contributed by atoms with Crippen molar-refractivity contribution in [3.05, 3.63) is 16.5 Å². The van der Waals surface area contributed by atoms with Gasteiger partial charge in [-0.05, 0) is 47.5 Å². The summed E-state index contributed by atoms with van der Waals surface area (Å²) in [5, 5.41) is 0. The molecule has 0 aliphatic carbocycles. The van der Waals surface area contributed by atoms with Crippen molar-refractivity contribution in [3.8, 4) is 0 Å². The Morgan fingerprint density at radius 2 is 2.11 bits per heavy atom. The highest BCUT2D eigenvalue weighted by Crippen LogP contribution is 2.24. The number of halogens is 1. The predicted molar refractivity (Wildman–Crippen MR) is 83.6 cm³/mol. The summed E-state index contributed by atoms with van der Waals surface area (Å²) < 4.78 is 0.914. The third-order valence-electron chi connectivity index (χ3n) is 3.95. The van der Waals surface area contributed by atoms with Crippen LogP contribution in [0.15, 0.2) is 10.7 Å². The Balaban J connectivity index is 2.12. The van der Waals surface area contributed by atoms with Crippen molar-refractivity contribution >= 4 is 21.7 Å². The second-order valence-corrected chi connectivity index (χ2v) is 6.22. The van der Waals surface area contributed by atoms with Crippen LogP contribution in [-0.4, -0.2) is 23.1 Å². The number of nitrogens with zero attached hydrogens (tertiary/aromatic N) is 3. The molecule has 0 radical (unpaired) electrons. The van der Waals surface area contributed by atoms with Crippen molar-refractivity contribution in [1.29, 1.82) is 0 Å². The van der Waals surface area contributed by atoms with Crippen LogP contribution in [0.1, 0.15) is 51.8 Å². The van der Waals surface area contributed by atoms with Crippen LogP contribution in [0.5, 0.6) is 0 Å². The van der Waals surface area contributed by atoms with Gasteiger partial charge in [0.05, 0.1) is 0 Å². The summed E-state index contributed by atoms with van der Waals surface area (Å²) in [6.45, 7) is 6.74.